The van der Waals surface area contributed by atoms with Gasteiger partial charge in [-0.2, -0.15) is 0 Å². The van der Waals surface area contributed by atoms with E-state index >= 15 is 0 Å². The van der Waals surface area contributed by atoms with E-state index in [0.717, 1.165) is 3.79 Å². The van der Waals surface area contributed by atoms with Gasteiger partial charge in [0.15, 0.2) is 15.6 Å². The zero-order valence-corrected chi connectivity index (χ0v) is 12.8. The Kier molecular flexibility index (Phi) is 4.58. The summed E-state index contributed by atoms with van der Waals surface area (Å²) in [6, 6.07) is 3.40. The molecule has 1 aromatic heterocycles. The first-order valence-electron chi connectivity index (χ1n) is 5.57. The highest BCUT2D eigenvalue weighted by Gasteiger charge is 2.30. The molecular weight excluding hydrogens is 340 g/mol. The van der Waals surface area contributed by atoms with Crippen LogP contribution in [0.15, 0.2) is 15.9 Å². The van der Waals surface area contributed by atoms with Crippen LogP contribution in [0.5, 0.6) is 0 Å². The second kappa shape index (κ2) is 5.81. The van der Waals surface area contributed by atoms with Gasteiger partial charge in [0.25, 0.3) is 0 Å². The molecule has 0 amide bonds. The second-order valence-corrected chi connectivity index (χ2v) is 8.89. The van der Waals surface area contributed by atoms with E-state index in [4.69, 9.17) is 4.74 Å². The zero-order valence-electron chi connectivity index (χ0n) is 9.60. The van der Waals surface area contributed by atoms with Crippen LogP contribution in [0.25, 0.3) is 0 Å². The smallest absolute Gasteiger partial charge is 0.187 e. The fourth-order valence-corrected chi connectivity index (χ4v) is 4.95. The molecule has 0 aromatic carbocycles. The van der Waals surface area contributed by atoms with Gasteiger partial charge in [-0.25, -0.2) is 8.42 Å². The van der Waals surface area contributed by atoms with Crippen molar-refractivity contribution in [3.8, 4) is 0 Å². The molecule has 0 radical (unpaired) electrons. The van der Waals surface area contributed by atoms with Gasteiger partial charge in [-0.05, 0) is 40.9 Å². The normalized spacial score (nSPS) is 17.8. The highest BCUT2D eigenvalue weighted by Crippen LogP contribution is 2.24. The maximum atomic E-state index is 12.1. The summed E-state index contributed by atoms with van der Waals surface area (Å²) in [5.74, 6) is -0.720. The fourth-order valence-electron chi connectivity index (χ4n) is 1.87. The maximum absolute atomic E-state index is 12.1. The number of hydrogen-bond donors (Lipinski definition) is 0. The van der Waals surface area contributed by atoms with Crippen LogP contribution < -0.4 is 0 Å². The molecule has 0 atom stereocenters. The highest BCUT2D eigenvalue weighted by atomic mass is 79.9. The predicted molar refractivity (Wildman–Crippen MR) is 74.0 cm³/mol. The molecule has 0 bridgehead atoms. The average Bonchev–Trinajstić information content (AvgIpc) is 2.77. The molecule has 1 fully saturated rings. The van der Waals surface area contributed by atoms with Crippen LogP contribution in [0, 0.1) is 0 Å². The zero-order chi connectivity index (χ0) is 13.2. The van der Waals surface area contributed by atoms with Gasteiger partial charge in [-0.1, -0.05) is 0 Å². The molecule has 7 heteroatoms. The van der Waals surface area contributed by atoms with E-state index < -0.39 is 20.8 Å². The third-order valence-electron chi connectivity index (χ3n) is 2.86. The lowest BCUT2D eigenvalue weighted by Gasteiger charge is -2.21. The standard InChI is InChI=1S/C11H13BrO4S2/c12-11-2-1-10(17-11)9(13)7-18(14,15)8-3-5-16-6-4-8/h1-2,8H,3-7H2. The van der Waals surface area contributed by atoms with Gasteiger partial charge in [0, 0.05) is 13.2 Å². The lowest BCUT2D eigenvalue weighted by molar-refractivity contribution is 0.0972. The fraction of sp³-hybridized carbons (Fsp3) is 0.545. The van der Waals surface area contributed by atoms with Gasteiger partial charge in [0.05, 0.1) is 13.9 Å². The van der Waals surface area contributed by atoms with Crippen LogP contribution in [0.2, 0.25) is 0 Å². The first kappa shape index (κ1) is 14.2. The topological polar surface area (TPSA) is 60.4 Å². The lowest BCUT2D eigenvalue weighted by atomic mass is 10.2. The first-order valence-corrected chi connectivity index (χ1v) is 8.89. The highest BCUT2D eigenvalue weighted by molar-refractivity contribution is 9.11. The number of ketones is 1. The third-order valence-corrected chi connectivity index (χ3v) is 6.67. The van der Waals surface area contributed by atoms with Crippen LogP contribution in [0.4, 0.5) is 0 Å². The summed E-state index contributed by atoms with van der Waals surface area (Å²) in [6.45, 7) is 0.922. The molecule has 2 rings (SSSR count). The predicted octanol–water partition coefficient (Wildman–Crippen LogP) is 2.29. The number of thiophene rings is 1. The van der Waals surface area contributed by atoms with Gasteiger partial charge in [0.2, 0.25) is 0 Å². The van der Waals surface area contributed by atoms with Crippen molar-refractivity contribution in [3.05, 3.63) is 20.8 Å². The summed E-state index contributed by atoms with van der Waals surface area (Å²) < 4.78 is 30.1. The van der Waals surface area contributed by atoms with E-state index in [1.165, 1.54) is 11.3 Å². The van der Waals surface area contributed by atoms with Crippen LogP contribution in [0.1, 0.15) is 22.5 Å². The van der Waals surface area contributed by atoms with E-state index in [0.29, 0.717) is 30.9 Å². The SMILES string of the molecule is O=C(CS(=O)(=O)C1CCOCC1)c1ccc(Br)s1. The van der Waals surface area contributed by atoms with Gasteiger partial charge in [-0.3, -0.25) is 4.79 Å². The molecule has 2 heterocycles. The molecular formula is C11H13BrO4S2. The third kappa shape index (κ3) is 3.40. The Bertz CT molecular complexity index is 529. The Morgan fingerprint density at radius 3 is 2.61 bits per heavy atom. The quantitative estimate of drug-likeness (QED) is 0.780. The average molecular weight is 353 g/mol. The van der Waals surface area contributed by atoms with Crippen LogP contribution in [-0.4, -0.2) is 38.4 Å². The van der Waals surface area contributed by atoms with Crippen molar-refractivity contribution in [2.75, 3.05) is 19.0 Å². The minimum Gasteiger partial charge on any atom is -0.381 e. The minimum absolute atomic E-state index is 0.322. The Hall–Kier alpha value is -0.240. The van der Waals surface area contributed by atoms with Crippen LogP contribution in [0.3, 0.4) is 0 Å². The Balaban J connectivity index is 2.05. The molecule has 0 N–H and O–H groups in total. The number of rotatable bonds is 4. The summed E-state index contributed by atoms with van der Waals surface area (Å²) in [5, 5.41) is -0.432. The number of sulfone groups is 1. The summed E-state index contributed by atoms with van der Waals surface area (Å²) in [6.07, 6.45) is 0.980. The number of hydrogen-bond acceptors (Lipinski definition) is 5. The Morgan fingerprint density at radius 1 is 1.39 bits per heavy atom. The van der Waals surface area contributed by atoms with Gasteiger partial charge >= 0.3 is 0 Å². The molecule has 0 spiro atoms. The molecule has 1 aromatic rings. The van der Waals surface area contributed by atoms with E-state index in [1.54, 1.807) is 12.1 Å². The van der Waals surface area contributed by atoms with Crippen molar-refractivity contribution < 1.29 is 17.9 Å². The summed E-state index contributed by atoms with van der Waals surface area (Å²) in [5.41, 5.74) is 0. The van der Waals surface area contributed by atoms with Gasteiger partial charge < -0.3 is 4.74 Å². The molecule has 0 saturated carbocycles. The van der Waals surface area contributed by atoms with Crippen molar-refractivity contribution >= 4 is 42.9 Å². The lowest BCUT2D eigenvalue weighted by Crippen LogP contribution is -2.32. The minimum atomic E-state index is -3.36. The molecule has 0 unspecified atom stereocenters. The molecule has 1 aliphatic heterocycles. The van der Waals surface area contributed by atoms with Crippen LogP contribution in [-0.2, 0) is 14.6 Å². The molecule has 1 saturated heterocycles. The van der Waals surface area contributed by atoms with E-state index in [2.05, 4.69) is 15.9 Å². The van der Waals surface area contributed by atoms with E-state index in [-0.39, 0.29) is 5.78 Å². The molecule has 0 aliphatic carbocycles. The van der Waals surface area contributed by atoms with Crippen molar-refractivity contribution in [3.63, 3.8) is 0 Å². The van der Waals surface area contributed by atoms with Crippen molar-refractivity contribution in [1.29, 1.82) is 0 Å². The second-order valence-electron chi connectivity index (χ2n) is 4.15. The number of halogens is 1. The molecule has 18 heavy (non-hydrogen) atoms. The summed E-state index contributed by atoms with van der Waals surface area (Å²) in [4.78, 5) is 12.4. The summed E-state index contributed by atoms with van der Waals surface area (Å²) >= 11 is 4.52. The molecule has 100 valence electrons. The monoisotopic (exact) mass is 352 g/mol. The van der Waals surface area contributed by atoms with E-state index in [9.17, 15) is 13.2 Å². The van der Waals surface area contributed by atoms with Gasteiger partial charge in [0.1, 0.15) is 5.75 Å². The van der Waals surface area contributed by atoms with Gasteiger partial charge in [-0.15, -0.1) is 11.3 Å². The number of ether oxygens (including phenoxy) is 1. The van der Waals surface area contributed by atoms with Crippen molar-refractivity contribution in [1.82, 2.24) is 0 Å². The number of carbonyl (C=O) groups is 1. The molecule has 1 aliphatic rings. The van der Waals surface area contributed by atoms with Crippen molar-refractivity contribution in [2.24, 2.45) is 0 Å². The van der Waals surface area contributed by atoms with Crippen molar-refractivity contribution in [2.45, 2.75) is 18.1 Å². The van der Waals surface area contributed by atoms with E-state index in [1.807, 2.05) is 0 Å². The maximum Gasteiger partial charge on any atom is 0.187 e. The largest absolute Gasteiger partial charge is 0.381 e. The first-order chi connectivity index (χ1) is 8.49. The Morgan fingerprint density at radius 2 is 2.06 bits per heavy atom. The summed E-state index contributed by atoms with van der Waals surface area (Å²) in [7, 11) is -3.36. The molecule has 4 nitrogen and oxygen atoms in total. The number of Topliss-reactive ketones (excluding diaryl/α,β-unsaturated/α-hetero) is 1. The Labute approximate surface area is 118 Å². The van der Waals surface area contributed by atoms with Crippen LogP contribution >= 0.6 is 27.3 Å². The number of carbonyl (C=O) groups excluding carboxylic acids is 1.